The van der Waals surface area contributed by atoms with Gasteiger partial charge in [0.25, 0.3) is 5.91 Å². The van der Waals surface area contributed by atoms with Crippen molar-refractivity contribution < 1.29 is 9.59 Å². The Morgan fingerprint density at radius 1 is 0.750 bits per heavy atom. The Morgan fingerprint density at radius 3 is 2.07 bits per heavy atom. The maximum Gasteiger partial charge on any atom is 0.328 e. The molecule has 4 nitrogen and oxygen atoms in total. The molecule has 1 aliphatic heterocycles. The topological polar surface area (TPSA) is 40.6 Å². The van der Waals surface area contributed by atoms with Crippen molar-refractivity contribution in [3.8, 4) is 0 Å². The number of aryl methyl sites for hydroxylation is 1. The summed E-state index contributed by atoms with van der Waals surface area (Å²) in [6.07, 6.45) is 0. The third-order valence-electron chi connectivity index (χ3n) is 5.02. The molecular formula is C24H22N2O2. The Morgan fingerprint density at radius 2 is 1.39 bits per heavy atom. The number of hydrogen-bond acceptors (Lipinski definition) is 2. The van der Waals surface area contributed by atoms with Gasteiger partial charge in [0.05, 0.1) is 6.54 Å². The van der Waals surface area contributed by atoms with E-state index in [9.17, 15) is 9.59 Å². The maximum absolute atomic E-state index is 13.3. The monoisotopic (exact) mass is 370 g/mol. The number of hydrogen-bond donors (Lipinski definition) is 0. The number of amides is 3. The molecule has 3 aromatic rings. The lowest BCUT2D eigenvalue weighted by Gasteiger charge is -2.22. The first kappa shape index (κ1) is 18.0. The Bertz CT molecular complexity index is 986. The van der Waals surface area contributed by atoms with Gasteiger partial charge in [-0.1, -0.05) is 90.5 Å². The zero-order chi connectivity index (χ0) is 19.5. The van der Waals surface area contributed by atoms with Gasteiger partial charge in [-0.3, -0.25) is 9.69 Å². The Kier molecular flexibility index (Phi) is 4.94. The predicted octanol–water partition coefficient (Wildman–Crippen LogP) is 4.70. The van der Waals surface area contributed by atoms with Gasteiger partial charge in [0.2, 0.25) is 0 Å². The van der Waals surface area contributed by atoms with Crippen molar-refractivity contribution in [2.75, 3.05) is 0 Å². The first-order chi connectivity index (χ1) is 13.6. The second kappa shape index (κ2) is 7.69. The summed E-state index contributed by atoms with van der Waals surface area (Å²) in [5.41, 5.74) is 3.90. The third-order valence-corrected chi connectivity index (χ3v) is 5.02. The number of benzene rings is 3. The Balaban J connectivity index is 1.68. The summed E-state index contributed by atoms with van der Waals surface area (Å²) < 4.78 is 0. The smallest absolute Gasteiger partial charge is 0.304 e. The van der Waals surface area contributed by atoms with Crippen LogP contribution in [0.2, 0.25) is 0 Å². The van der Waals surface area contributed by atoms with Gasteiger partial charge >= 0.3 is 6.03 Å². The zero-order valence-electron chi connectivity index (χ0n) is 15.8. The van der Waals surface area contributed by atoms with Crippen molar-refractivity contribution in [2.24, 2.45) is 0 Å². The molecule has 0 bridgehead atoms. The first-order valence-electron chi connectivity index (χ1n) is 9.40. The summed E-state index contributed by atoms with van der Waals surface area (Å²) in [5.74, 6) is -0.173. The minimum atomic E-state index is -0.598. The molecule has 1 fully saturated rings. The van der Waals surface area contributed by atoms with Gasteiger partial charge < -0.3 is 4.90 Å². The molecule has 0 radical (unpaired) electrons. The highest BCUT2D eigenvalue weighted by molar-refractivity contribution is 6.04. The summed E-state index contributed by atoms with van der Waals surface area (Å²) in [6, 6.07) is 26.4. The molecule has 0 saturated carbocycles. The van der Waals surface area contributed by atoms with Crippen LogP contribution in [0.5, 0.6) is 0 Å². The highest BCUT2D eigenvalue weighted by Crippen LogP contribution is 2.33. The molecule has 0 aromatic heterocycles. The molecule has 3 aromatic carbocycles. The van der Waals surface area contributed by atoms with Gasteiger partial charge in [0.15, 0.2) is 0 Å². The average molecular weight is 370 g/mol. The number of rotatable bonds is 5. The Hall–Kier alpha value is -3.40. The molecule has 3 amide bonds. The van der Waals surface area contributed by atoms with Crippen LogP contribution in [-0.4, -0.2) is 21.7 Å². The van der Waals surface area contributed by atoms with Crippen LogP contribution in [-0.2, 0) is 17.9 Å². The van der Waals surface area contributed by atoms with E-state index in [-0.39, 0.29) is 18.5 Å². The van der Waals surface area contributed by atoms with Crippen LogP contribution >= 0.6 is 0 Å². The molecule has 28 heavy (non-hydrogen) atoms. The maximum atomic E-state index is 13.3. The fraction of sp³-hybridized carbons (Fsp3) is 0.167. The summed E-state index contributed by atoms with van der Waals surface area (Å²) in [6.45, 7) is 2.69. The summed E-state index contributed by atoms with van der Waals surface area (Å²) in [4.78, 5) is 29.5. The van der Waals surface area contributed by atoms with Crippen molar-refractivity contribution in [3.63, 3.8) is 0 Å². The molecule has 1 atom stereocenters. The van der Waals surface area contributed by atoms with E-state index in [1.807, 2.05) is 91.9 Å². The van der Waals surface area contributed by atoms with E-state index in [1.165, 1.54) is 4.90 Å². The lowest BCUT2D eigenvalue weighted by molar-refractivity contribution is -0.128. The van der Waals surface area contributed by atoms with Crippen LogP contribution in [0, 0.1) is 6.92 Å². The molecule has 0 spiro atoms. The van der Waals surface area contributed by atoms with E-state index in [4.69, 9.17) is 0 Å². The molecule has 1 heterocycles. The van der Waals surface area contributed by atoms with Gasteiger partial charge in [0.1, 0.15) is 6.04 Å². The van der Waals surface area contributed by atoms with Crippen molar-refractivity contribution in [2.45, 2.75) is 26.1 Å². The average Bonchev–Trinajstić information content (AvgIpc) is 2.94. The van der Waals surface area contributed by atoms with Gasteiger partial charge in [-0.15, -0.1) is 0 Å². The van der Waals surface area contributed by atoms with Crippen LogP contribution in [0.15, 0.2) is 84.9 Å². The molecule has 0 aliphatic carbocycles. The fourth-order valence-corrected chi connectivity index (χ4v) is 3.68. The molecule has 1 saturated heterocycles. The number of nitrogens with zero attached hydrogens (tertiary/aromatic N) is 2. The fourth-order valence-electron chi connectivity index (χ4n) is 3.68. The second-order valence-electron chi connectivity index (χ2n) is 7.12. The van der Waals surface area contributed by atoms with E-state index in [1.54, 1.807) is 4.90 Å². The molecule has 0 N–H and O–H groups in total. The largest absolute Gasteiger partial charge is 0.328 e. The highest BCUT2D eigenvalue weighted by Gasteiger charge is 2.45. The van der Waals surface area contributed by atoms with Crippen molar-refractivity contribution in [1.29, 1.82) is 0 Å². The zero-order valence-corrected chi connectivity index (χ0v) is 15.8. The molecule has 140 valence electrons. The van der Waals surface area contributed by atoms with Gasteiger partial charge in [-0.05, 0) is 23.6 Å². The second-order valence-corrected chi connectivity index (χ2v) is 7.12. The highest BCUT2D eigenvalue weighted by atomic mass is 16.2. The van der Waals surface area contributed by atoms with Crippen LogP contribution in [0.4, 0.5) is 4.79 Å². The number of urea groups is 1. The standard InChI is InChI=1S/C24H22N2O2/c1-18-9-8-12-20(15-18)17-26-23(27)22(21-13-6-3-7-14-21)25(24(26)28)16-19-10-4-2-5-11-19/h2-15,22H,16-17H2,1H3. The minimum absolute atomic E-state index is 0.173. The first-order valence-corrected chi connectivity index (χ1v) is 9.40. The van der Waals surface area contributed by atoms with E-state index in [2.05, 4.69) is 0 Å². The van der Waals surface area contributed by atoms with E-state index >= 15 is 0 Å². The lowest BCUT2D eigenvalue weighted by atomic mass is 10.0. The van der Waals surface area contributed by atoms with Crippen molar-refractivity contribution in [3.05, 3.63) is 107 Å². The molecular weight excluding hydrogens is 348 g/mol. The third kappa shape index (κ3) is 3.54. The Labute approximate surface area is 165 Å². The van der Waals surface area contributed by atoms with Crippen molar-refractivity contribution in [1.82, 2.24) is 9.80 Å². The molecule has 4 rings (SSSR count). The number of imide groups is 1. The minimum Gasteiger partial charge on any atom is -0.304 e. The van der Waals surface area contributed by atoms with E-state index in [0.29, 0.717) is 6.54 Å². The van der Waals surface area contributed by atoms with Crippen LogP contribution < -0.4 is 0 Å². The van der Waals surface area contributed by atoms with Crippen molar-refractivity contribution >= 4 is 11.9 Å². The summed E-state index contributed by atoms with van der Waals surface area (Å²) >= 11 is 0. The van der Waals surface area contributed by atoms with E-state index < -0.39 is 6.04 Å². The van der Waals surface area contributed by atoms with E-state index in [0.717, 1.165) is 22.3 Å². The lowest BCUT2D eigenvalue weighted by Crippen LogP contribution is -2.32. The van der Waals surface area contributed by atoms with Gasteiger partial charge in [-0.25, -0.2) is 4.79 Å². The van der Waals surface area contributed by atoms with Gasteiger partial charge in [-0.2, -0.15) is 0 Å². The number of carbonyl (C=O) groups is 2. The quantitative estimate of drug-likeness (QED) is 0.611. The molecule has 4 heteroatoms. The van der Waals surface area contributed by atoms with Gasteiger partial charge in [0, 0.05) is 6.54 Å². The van der Waals surface area contributed by atoms with Crippen LogP contribution in [0.25, 0.3) is 0 Å². The molecule has 1 unspecified atom stereocenters. The molecule has 1 aliphatic rings. The normalized spacial score (nSPS) is 16.7. The van der Waals surface area contributed by atoms with Crippen LogP contribution in [0.1, 0.15) is 28.3 Å². The predicted molar refractivity (Wildman–Crippen MR) is 108 cm³/mol. The summed E-state index contributed by atoms with van der Waals surface area (Å²) in [5, 5.41) is 0. The number of carbonyl (C=O) groups excluding carboxylic acids is 2. The SMILES string of the molecule is Cc1cccc(CN2C(=O)C(c3ccccc3)N(Cc3ccccc3)C2=O)c1. The summed E-state index contributed by atoms with van der Waals surface area (Å²) in [7, 11) is 0. The van der Waals surface area contributed by atoms with Crippen LogP contribution in [0.3, 0.4) is 0 Å².